The van der Waals surface area contributed by atoms with E-state index in [1.54, 1.807) is 0 Å². The smallest absolute Gasteiger partial charge is 0.241 e. The molecule has 1 aromatic rings. The minimum Gasteiger partial charge on any atom is -0.321 e. The van der Waals surface area contributed by atoms with Gasteiger partial charge in [-0.15, -0.1) is 0 Å². The van der Waals surface area contributed by atoms with Crippen molar-refractivity contribution >= 4 is 5.91 Å². The fraction of sp³-hybridized carbons (Fsp3) is 0.611. The lowest BCUT2D eigenvalue weighted by atomic mass is 10.0. The molecule has 2 aliphatic rings. The third-order valence-electron chi connectivity index (χ3n) is 5.06. The Kier molecular flexibility index (Phi) is 3.78. The zero-order valence-corrected chi connectivity index (χ0v) is 13.5. The molecule has 114 valence electrons. The number of carbonyl (C=O) groups excluding carboxylic acids is 1. The largest absolute Gasteiger partial charge is 0.321 e. The molecule has 3 rings (SSSR count). The summed E-state index contributed by atoms with van der Waals surface area (Å²) in [6, 6.07) is 8.34. The lowest BCUT2D eigenvalue weighted by Crippen LogP contribution is -2.35. The summed E-state index contributed by atoms with van der Waals surface area (Å²) < 4.78 is 0. The van der Waals surface area contributed by atoms with Crippen LogP contribution in [0.1, 0.15) is 44.5 Å². The number of aryl methyl sites for hydroxylation is 1. The first-order valence-corrected chi connectivity index (χ1v) is 8.11. The summed E-state index contributed by atoms with van der Waals surface area (Å²) >= 11 is 0. The van der Waals surface area contributed by atoms with Gasteiger partial charge in [0.05, 0.1) is 6.04 Å². The van der Waals surface area contributed by atoms with Gasteiger partial charge in [0.1, 0.15) is 6.17 Å². The van der Waals surface area contributed by atoms with Crippen molar-refractivity contribution in [1.29, 1.82) is 0 Å². The molecule has 1 aliphatic carbocycles. The molecule has 1 saturated heterocycles. The topological polar surface area (TPSA) is 32.3 Å². The van der Waals surface area contributed by atoms with Crippen molar-refractivity contribution in [3.63, 3.8) is 0 Å². The van der Waals surface area contributed by atoms with E-state index in [9.17, 15) is 4.79 Å². The molecule has 1 aromatic carbocycles. The Hall–Kier alpha value is -1.35. The van der Waals surface area contributed by atoms with Gasteiger partial charge < -0.3 is 4.90 Å². The fourth-order valence-corrected chi connectivity index (χ4v) is 3.37. The molecule has 0 bridgehead atoms. The molecule has 1 heterocycles. The van der Waals surface area contributed by atoms with Crippen LogP contribution in [0.25, 0.3) is 0 Å². The summed E-state index contributed by atoms with van der Waals surface area (Å²) in [4.78, 5) is 14.9. The van der Waals surface area contributed by atoms with E-state index in [1.807, 2.05) is 0 Å². The van der Waals surface area contributed by atoms with Gasteiger partial charge in [-0.3, -0.25) is 10.1 Å². The maximum absolute atomic E-state index is 12.8. The maximum atomic E-state index is 12.8. The van der Waals surface area contributed by atoms with Gasteiger partial charge in [0.25, 0.3) is 0 Å². The summed E-state index contributed by atoms with van der Waals surface area (Å²) in [6.07, 6.45) is 1.30. The number of nitrogens with zero attached hydrogens (tertiary/aromatic N) is 1. The number of carbonyl (C=O) groups is 1. The van der Waals surface area contributed by atoms with Crippen LogP contribution < -0.4 is 5.32 Å². The Bertz CT molecular complexity index is 540. The van der Waals surface area contributed by atoms with Crippen molar-refractivity contribution in [3.05, 3.63) is 35.4 Å². The van der Waals surface area contributed by atoms with Crippen LogP contribution in [0.5, 0.6) is 0 Å². The number of amides is 1. The van der Waals surface area contributed by atoms with Gasteiger partial charge in [-0.2, -0.15) is 0 Å². The van der Waals surface area contributed by atoms with Gasteiger partial charge in [-0.05, 0) is 42.2 Å². The normalized spacial score (nSPS) is 32.0. The third kappa shape index (κ3) is 2.71. The summed E-state index contributed by atoms with van der Waals surface area (Å²) in [5.74, 6) is 2.06. The van der Waals surface area contributed by atoms with E-state index in [0.29, 0.717) is 11.8 Å². The highest BCUT2D eigenvalue weighted by Crippen LogP contribution is 2.41. The number of nitrogens with one attached hydrogen (secondary N) is 1. The summed E-state index contributed by atoms with van der Waals surface area (Å²) in [5, 5.41) is 3.57. The molecular weight excluding hydrogens is 260 g/mol. The molecule has 4 atom stereocenters. The molecule has 0 aromatic heterocycles. The Morgan fingerprint density at radius 1 is 1.33 bits per heavy atom. The molecule has 2 fully saturated rings. The summed E-state index contributed by atoms with van der Waals surface area (Å²) in [7, 11) is 0. The van der Waals surface area contributed by atoms with Crippen LogP contribution in [0.4, 0.5) is 0 Å². The van der Waals surface area contributed by atoms with Gasteiger partial charge in [-0.1, -0.05) is 45.0 Å². The highest BCUT2D eigenvalue weighted by molar-refractivity contribution is 5.85. The second-order valence-corrected chi connectivity index (χ2v) is 7.11. The lowest BCUT2D eigenvalue weighted by Gasteiger charge is -2.26. The van der Waals surface area contributed by atoms with Crippen molar-refractivity contribution < 1.29 is 4.79 Å². The van der Waals surface area contributed by atoms with Crippen LogP contribution in [0, 0.1) is 24.7 Å². The molecule has 3 heteroatoms. The highest BCUT2D eigenvalue weighted by Gasteiger charge is 2.45. The van der Waals surface area contributed by atoms with Gasteiger partial charge >= 0.3 is 0 Å². The van der Waals surface area contributed by atoms with Gasteiger partial charge in [0, 0.05) is 6.54 Å². The van der Waals surface area contributed by atoms with Crippen LogP contribution in [-0.4, -0.2) is 23.4 Å². The fourth-order valence-electron chi connectivity index (χ4n) is 3.37. The molecule has 3 nitrogen and oxygen atoms in total. The van der Waals surface area contributed by atoms with E-state index in [2.05, 4.69) is 62.2 Å². The van der Waals surface area contributed by atoms with Crippen molar-refractivity contribution in [3.8, 4) is 0 Å². The lowest BCUT2D eigenvalue weighted by molar-refractivity contribution is -0.131. The molecule has 4 unspecified atom stereocenters. The molecular formula is C18H26N2O. The first-order chi connectivity index (χ1) is 9.99. The van der Waals surface area contributed by atoms with E-state index in [0.717, 1.165) is 12.5 Å². The Balaban J connectivity index is 1.88. The van der Waals surface area contributed by atoms with Gasteiger partial charge in [0.2, 0.25) is 5.91 Å². The van der Waals surface area contributed by atoms with E-state index < -0.39 is 0 Å². The monoisotopic (exact) mass is 286 g/mol. The predicted molar refractivity (Wildman–Crippen MR) is 84.7 cm³/mol. The number of hydrogen-bond acceptors (Lipinski definition) is 2. The molecule has 1 aliphatic heterocycles. The molecule has 0 spiro atoms. The maximum Gasteiger partial charge on any atom is 0.241 e. The molecule has 21 heavy (non-hydrogen) atoms. The summed E-state index contributed by atoms with van der Waals surface area (Å²) in [6.45, 7) is 9.54. The minimum absolute atomic E-state index is 0.0406. The standard InChI is InChI=1S/C18H26N2O/c1-11(2)16-18(21)20(10-14-9-13(14)4)17(19-16)15-8-6-5-7-12(15)3/h5-8,11,13-14,16-17,19H,9-10H2,1-4H3. The number of hydrogen-bond donors (Lipinski definition) is 1. The van der Waals surface area contributed by atoms with Crippen molar-refractivity contribution in [2.75, 3.05) is 6.54 Å². The molecule has 1 N–H and O–H groups in total. The van der Waals surface area contributed by atoms with E-state index >= 15 is 0 Å². The predicted octanol–water partition coefficient (Wildman–Crippen LogP) is 3.11. The van der Waals surface area contributed by atoms with Crippen LogP contribution in [0.15, 0.2) is 24.3 Å². The second kappa shape index (κ2) is 5.45. The second-order valence-electron chi connectivity index (χ2n) is 7.11. The number of rotatable bonds is 4. The SMILES string of the molecule is Cc1ccccc1C1NC(C(C)C)C(=O)N1CC1CC1C. The first-order valence-electron chi connectivity index (χ1n) is 8.11. The minimum atomic E-state index is -0.0522. The third-order valence-corrected chi connectivity index (χ3v) is 5.06. The average Bonchev–Trinajstić information content (AvgIpc) is 3.03. The highest BCUT2D eigenvalue weighted by atomic mass is 16.2. The first kappa shape index (κ1) is 14.6. The average molecular weight is 286 g/mol. The van der Waals surface area contributed by atoms with Crippen LogP contribution >= 0.6 is 0 Å². The molecule has 0 radical (unpaired) electrons. The summed E-state index contributed by atoms with van der Waals surface area (Å²) in [5.41, 5.74) is 2.49. The Labute approximate surface area is 127 Å². The number of benzene rings is 1. The molecule has 1 amide bonds. The van der Waals surface area contributed by atoms with Crippen LogP contribution in [-0.2, 0) is 4.79 Å². The van der Waals surface area contributed by atoms with Gasteiger partial charge in [-0.25, -0.2) is 0 Å². The van der Waals surface area contributed by atoms with Crippen molar-refractivity contribution in [1.82, 2.24) is 10.2 Å². The zero-order valence-electron chi connectivity index (χ0n) is 13.5. The van der Waals surface area contributed by atoms with Crippen molar-refractivity contribution in [2.45, 2.75) is 46.3 Å². The van der Waals surface area contributed by atoms with Crippen LogP contribution in [0.3, 0.4) is 0 Å². The van der Waals surface area contributed by atoms with Crippen LogP contribution in [0.2, 0.25) is 0 Å². The quantitative estimate of drug-likeness (QED) is 0.922. The van der Waals surface area contributed by atoms with Crippen molar-refractivity contribution in [2.24, 2.45) is 17.8 Å². The Morgan fingerprint density at radius 2 is 2.00 bits per heavy atom. The zero-order chi connectivity index (χ0) is 15.1. The van der Waals surface area contributed by atoms with E-state index in [4.69, 9.17) is 0 Å². The van der Waals surface area contributed by atoms with Gasteiger partial charge in [0.15, 0.2) is 0 Å². The Morgan fingerprint density at radius 3 is 2.57 bits per heavy atom. The van der Waals surface area contributed by atoms with E-state index in [-0.39, 0.29) is 18.1 Å². The molecule has 1 saturated carbocycles. The van der Waals surface area contributed by atoms with E-state index in [1.165, 1.54) is 17.5 Å².